The van der Waals surface area contributed by atoms with Gasteiger partial charge in [0.15, 0.2) is 0 Å². The minimum Gasteiger partial charge on any atom is -0.346 e. The number of rotatable bonds is 3. The van der Waals surface area contributed by atoms with E-state index in [1.54, 1.807) is 0 Å². The first-order valence-electron chi connectivity index (χ1n) is 7.56. The second-order valence-corrected chi connectivity index (χ2v) is 5.69. The van der Waals surface area contributed by atoms with Crippen LogP contribution in [-0.4, -0.2) is 30.5 Å². The van der Waals surface area contributed by atoms with Gasteiger partial charge in [-0.1, -0.05) is 48.5 Å². The predicted molar refractivity (Wildman–Crippen MR) is 86.6 cm³/mol. The number of fused-ring (bicyclic) bond motifs is 1. The fourth-order valence-corrected chi connectivity index (χ4v) is 3.32. The van der Waals surface area contributed by atoms with E-state index in [1.165, 1.54) is 16.8 Å². The number of hydrogen-bond donors (Lipinski definition) is 0. The molecule has 0 spiro atoms. The first-order chi connectivity index (χ1) is 10.4. The fraction of sp³-hybridized carbons (Fsp3) is 0.278. The van der Waals surface area contributed by atoms with E-state index in [9.17, 15) is 0 Å². The summed E-state index contributed by atoms with van der Waals surface area (Å²) in [6.07, 6.45) is 3.50. The van der Waals surface area contributed by atoms with Crippen molar-refractivity contribution in [1.82, 2.24) is 4.90 Å². The van der Waals surface area contributed by atoms with E-state index in [0.717, 1.165) is 26.1 Å². The molecular weight excluding hydrogens is 258 g/mol. The topological polar surface area (TPSA) is 18.8 Å². The highest BCUT2D eigenvalue weighted by atomic mass is 15.4. The van der Waals surface area contributed by atoms with Crippen molar-refractivity contribution in [2.75, 3.05) is 18.0 Å². The van der Waals surface area contributed by atoms with Crippen molar-refractivity contribution in [3.05, 3.63) is 65.7 Å². The molecule has 0 fully saturated rings. The quantitative estimate of drug-likeness (QED) is 0.859. The zero-order valence-electron chi connectivity index (χ0n) is 12.0. The van der Waals surface area contributed by atoms with Gasteiger partial charge in [0.2, 0.25) is 0 Å². The van der Waals surface area contributed by atoms with E-state index < -0.39 is 0 Å². The van der Waals surface area contributed by atoms with Crippen LogP contribution >= 0.6 is 0 Å². The third-order valence-corrected chi connectivity index (χ3v) is 4.36. The Balaban J connectivity index is 1.67. The molecule has 2 aromatic carbocycles. The molecule has 2 heterocycles. The molecule has 21 heavy (non-hydrogen) atoms. The molecule has 1 unspecified atom stereocenters. The Bertz CT molecular complexity index is 651. The van der Waals surface area contributed by atoms with Crippen molar-refractivity contribution >= 4 is 12.0 Å². The maximum atomic E-state index is 4.39. The molecule has 0 amide bonds. The van der Waals surface area contributed by atoms with Crippen LogP contribution in [0.5, 0.6) is 0 Å². The van der Waals surface area contributed by atoms with Gasteiger partial charge in [0.25, 0.3) is 0 Å². The van der Waals surface area contributed by atoms with Crippen molar-refractivity contribution in [1.29, 1.82) is 0 Å². The van der Waals surface area contributed by atoms with Crippen molar-refractivity contribution in [3.8, 4) is 0 Å². The van der Waals surface area contributed by atoms with Gasteiger partial charge < -0.3 is 9.80 Å². The lowest BCUT2D eigenvalue weighted by Gasteiger charge is -2.33. The maximum absolute atomic E-state index is 4.39. The normalized spacial score (nSPS) is 20.1. The molecular formula is C18H19N3. The van der Waals surface area contributed by atoms with E-state index in [0.29, 0.717) is 6.17 Å². The lowest BCUT2D eigenvalue weighted by atomic mass is 10.1. The first kappa shape index (κ1) is 12.5. The smallest absolute Gasteiger partial charge is 0.107 e. The molecule has 0 saturated carbocycles. The Morgan fingerprint density at radius 3 is 2.62 bits per heavy atom. The van der Waals surface area contributed by atoms with E-state index in [-0.39, 0.29) is 0 Å². The van der Waals surface area contributed by atoms with Crippen molar-refractivity contribution < 1.29 is 0 Å². The molecule has 0 saturated heterocycles. The molecule has 2 aromatic rings. The van der Waals surface area contributed by atoms with Crippen LogP contribution < -0.4 is 4.90 Å². The summed E-state index contributed by atoms with van der Waals surface area (Å²) >= 11 is 0. The molecule has 0 radical (unpaired) electrons. The van der Waals surface area contributed by atoms with E-state index in [2.05, 4.69) is 69.4 Å². The van der Waals surface area contributed by atoms with Gasteiger partial charge in [0, 0.05) is 25.2 Å². The van der Waals surface area contributed by atoms with E-state index in [1.807, 2.05) is 6.34 Å². The summed E-state index contributed by atoms with van der Waals surface area (Å²) in [7, 11) is 0. The highest BCUT2D eigenvalue weighted by Gasteiger charge is 2.33. The SMILES string of the molecule is C1=NCCN1C1Cc2ccccc2N1Cc1ccccc1. The van der Waals surface area contributed by atoms with Gasteiger partial charge in [-0.25, -0.2) is 0 Å². The Morgan fingerprint density at radius 1 is 1.00 bits per heavy atom. The second kappa shape index (κ2) is 5.24. The zero-order valence-corrected chi connectivity index (χ0v) is 12.0. The molecule has 0 N–H and O–H groups in total. The van der Waals surface area contributed by atoms with Crippen LogP contribution in [0.2, 0.25) is 0 Å². The lowest BCUT2D eigenvalue weighted by Crippen LogP contribution is -2.45. The van der Waals surface area contributed by atoms with Crippen molar-refractivity contribution in [2.45, 2.75) is 19.1 Å². The van der Waals surface area contributed by atoms with Crippen LogP contribution in [-0.2, 0) is 13.0 Å². The maximum Gasteiger partial charge on any atom is 0.107 e. The minimum atomic E-state index is 0.397. The summed E-state index contributed by atoms with van der Waals surface area (Å²) in [4.78, 5) is 9.28. The van der Waals surface area contributed by atoms with Gasteiger partial charge in [0.05, 0.1) is 12.9 Å². The van der Waals surface area contributed by atoms with Gasteiger partial charge in [-0.05, 0) is 17.2 Å². The largest absolute Gasteiger partial charge is 0.346 e. The Hall–Kier alpha value is -2.29. The number of para-hydroxylation sites is 1. The molecule has 2 aliphatic rings. The Morgan fingerprint density at radius 2 is 1.81 bits per heavy atom. The molecule has 3 nitrogen and oxygen atoms in total. The highest BCUT2D eigenvalue weighted by molar-refractivity contribution is 5.64. The van der Waals surface area contributed by atoms with Crippen LogP contribution in [0.15, 0.2) is 59.6 Å². The predicted octanol–water partition coefficient (Wildman–Crippen LogP) is 2.92. The summed E-state index contributed by atoms with van der Waals surface area (Å²) in [5.74, 6) is 0. The molecule has 2 aliphatic heterocycles. The van der Waals surface area contributed by atoms with Crippen LogP contribution in [0.4, 0.5) is 5.69 Å². The van der Waals surface area contributed by atoms with Gasteiger partial charge >= 0.3 is 0 Å². The molecule has 1 atom stereocenters. The van der Waals surface area contributed by atoms with Crippen molar-refractivity contribution in [3.63, 3.8) is 0 Å². The van der Waals surface area contributed by atoms with Gasteiger partial charge in [0.1, 0.15) is 6.17 Å². The number of anilines is 1. The summed E-state index contributed by atoms with van der Waals surface area (Å²) in [6, 6.07) is 19.5. The van der Waals surface area contributed by atoms with Gasteiger partial charge in [-0.3, -0.25) is 4.99 Å². The summed E-state index contributed by atoms with van der Waals surface area (Å²) in [6.45, 7) is 2.91. The van der Waals surface area contributed by atoms with Gasteiger partial charge in [-0.15, -0.1) is 0 Å². The lowest BCUT2D eigenvalue weighted by molar-refractivity contribution is 0.338. The highest BCUT2D eigenvalue weighted by Crippen LogP contribution is 2.34. The Kier molecular flexibility index (Phi) is 3.11. The zero-order chi connectivity index (χ0) is 14.1. The molecule has 0 bridgehead atoms. The minimum absolute atomic E-state index is 0.397. The number of aliphatic imine (C=N–C) groups is 1. The summed E-state index contributed by atoms with van der Waals surface area (Å²) in [5.41, 5.74) is 4.17. The molecule has 4 rings (SSSR count). The number of hydrogen-bond acceptors (Lipinski definition) is 3. The van der Waals surface area contributed by atoms with E-state index in [4.69, 9.17) is 0 Å². The average molecular weight is 277 g/mol. The summed E-state index contributed by atoms with van der Waals surface area (Å²) < 4.78 is 0. The average Bonchev–Trinajstić information content (AvgIpc) is 3.16. The monoisotopic (exact) mass is 277 g/mol. The number of benzene rings is 2. The molecule has 0 aliphatic carbocycles. The van der Waals surface area contributed by atoms with Crippen LogP contribution in [0, 0.1) is 0 Å². The van der Waals surface area contributed by atoms with Crippen LogP contribution in [0.1, 0.15) is 11.1 Å². The third-order valence-electron chi connectivity index (χ3n) is 4.36. The van der Waals surface area contributed by atoms with E-state index >= 15 is 0 Å². The summed E-state index contributed by atoms with van der Waals surface area (Å²) in [5, 5.41) is 0. The Labute approximate surface area is 125 Å². The molecule has 106 valence electrons. The number of nitrogens with zero attached hydrogens (tertiary/aromatic N) is 3. The molecule has 0 aromatic heterocycles. The fourth-order valence-electron chi connectivity index (χ4n) is 3.32. The second-order valence-electron chi connectivity index (χ2n) is 5.69. The van der Waals surface area contributed by atoms with Crippen LogP contribution in [0.3, 0.4) is 0 Å². The first-order valence-corrected chi connectivity index (χ1v) is 7.56. The standard InChI is InChI=1S/C18H19N3/c1-2-6-15(7-3-1)13-21-17-9-5-4-8-16(17)12-18(21)20-11-10-19-14-20/h1-9,14,18H,10-13H2. The third kappa shape index (κ3) is 2.29. The van der Waals surface area contributed by atoms with Crippen LogP contribution in [0.25, 0.3) is 0 Å². The van der Waals surface area contributed by atoms with Crippen molar-refractivity contribution in [2.24, 2.45) is 4.99 Å². The van der Waals surface area contributed by atoms with Gasteiger partial charge in [-0.2, -0.15) is 0 Å². The molecule has 3 heteroatoms.